The lowest BCUT2D eigenvalue weighted by atomic mass is 9.96. The Morgan fingerprint density at radius 2 is 2.41 bits per heavy atom. The maximum absolute atomic E-state index is 14.0. The number of anilines is 1. The van der Waals surface area contributed by atoms with Gasteiger partial charge in [0.05, 0.1) is 17.5 Å². The summed E-state index contributed by atoms with van der Waals surface area (Å²) >= 11 is 5.73. The third kappa shape index (κ3) is 4.08. The van der Waals surface area contributed by atoms with Crippen molar-refractivity contribution in [2.24, 2.45) is 5.92 Å². The molecule has 0 saturated carbocycles. The Bertz CT molecular complexity index is 530. The van der Waals surface area contributed by atoms with Gasteiger partial charge in [-0.1, -0.05) is 11.6 Å². The number of carbonyl (C=O) groups excluding carboxylic acids is 1. The number of carbonyl (C=O) groups is 1. The van der Waals surface area contributed by atoms with Crippen molar-refractivity contribution in [3.8, 4) is 0 Å². The summed E-state index contributed by atoms with van der Waals surface area (Å²) in [6.07, 6.45) is 3.07. The highest BCUT2D eigenvalue weighted by atomic mass is 35.5. The molecule has 1 aromatic heterocycles. The van der Waals surface area contributed by atoms with Crippen LogP contribution in [0.25, 0.3) is 0 Å². The molecule has 1 fully saturated rings. The van der Waals surface area contributed by atoms with E-state index in [0.29, 0.717) is 26.2 Å². The van der Waals surface area contributed by atoms with Crippen molar-refractivity contribution < 1.29 is 13.9 Å². The van der Waals surface area contributed by atoms with Crippen LogP contribution in [-0.2, 0) is 9.53 Å². The highest BCUT2D eigenvalue weighted by Gasteiger charge is 2.29. The minimum Gasteiger partial charge on any atom is -0.383 e. The van der Waals surface area contributed by atoms with Crippen molar-refractivity contribution in [1.29, 1.82) is 0 Å². The number of ether oxygens (including phenoxy) is 1. The third-order valence-corrected chi connectivity index (χ3v) is 4.07. The number of likely N-dealkylation sites (N-methyl/N-ethyl adjacent to an activating group) is 1. The van der Waals surface area contributed by atoms with E-state index in [2.05, 4.69) is 4.98 Å². The highest BCUT2D eigenvalue weighted by Crippen LogP contribution is 2.26. The third-order valence-electron chi connectivity index (χ3n) is 3.87. The Balaban J connectivity index is 2.03. The SMILES string of the molecule is COCCN(C)C(=O)C1CCCN(c2ncc(Cl)cc2F)C1. The normalized spacial score (nSPS) is 18.4. The van der Waals surface area contributed by atoms with Crippen molar-refractivity contribution in [1.82, 2.24) is 9.88 Å². The molecule has 0 bridgehead atoms. The van der Waals surface area contributed by atoms with Gasteiger partial charge in [-0.2, -0.15) is 0 Å². The van der Waals surface area contributed by atoms with Crippen LogP contribution < -0.4 is 4.90 Å². The molecule has 2 heterocycles. The molecule has 1 unspecified atom stereocenters. The first-order valence-corrected chi connectivity index (χ1v) is 7.70. The zero-order valence-electron chi connectivity index (χ0n) is 12.9. The van der Waals surface area contributed by atoms with Crippen LogP contribution in [0.4, 0.5) is 10.2 Å². The first kappa shape index (κ1) is 17.0. The number of methoxy groups -OCH3 is 1. The second-order valence-corrected chi connectivity index (χ2v) is 5.93. The Morgan fingerprint density at radius 3 is 3.09 bits per heavy atom. The minimum atomic E-state index is -0.451. The van der Waals surface area contributed by atoms with Crippen LogP contribution in [0.1, 0.15) is 12.8 Å². The van der Waals surface area contributed by atoms with Gasteiger partial charge in [-0.25, -0.2) is 9.37 Å². The number of rotatable bonds is 5. The van der Waals surface area contributed by atoms with E-state index in [1.807, 2.05) is 4.90 Å². The summed E-state index contributed by atoms with van der Waals surface area (Å²) in [5, 5.41) is 0.269. The second kappa shape index (κ2) is 7.74. The zero-order valence-corrected chi connectivity index (χ0v) is 13.6. The first-order valence-electron chi connectivity index (χ1n) is 7.33. The molecular weight excluding hydrogens is 309 g/mol. The molecule has 2 rings (SSSR count). The van der Waals surface area contributed by atoms with Crippen LogP contribution in [0.15, 0.2) is 12.3 Å². The lowest BCUT2D eigenvalue weighted by Gasteiger charge is -2.34. The molecule has 22 heavy (non-hydrogen) atoms. The summed E-state index contributed by atoms with van der Waals surface area (Å²) in [5.74, 6) is -0.265. The number of amides is 1. The van der Waals surface area contributed by atoms with Gasteiger partial charge in [-0.05, 0) is 18.9 Å². The standard InChI is InChI=1S/C15H21ClFN3O2/c1-19(6-7-22-2)15(21)11-4-3-5-20(10-11)14-13(17)8-12(16)9-18-14/h8-9,11H,3-7,10H2,1-2H3. The summed E-state index contributed by atoms with van der Waals surface area (Å²) < 4.78 is 19.0. The Morgan fingerprint density at radius 1 is 1.64 bits per heavy atom. The zero-order chi connectivity index (χ0) is 16.1. The van der Waals surface area contributed by atoms with E-state index in [-0.39, 0.29) is 22.7 Å². The average molecular weight is 330 g/mol. The summed E-state index contributed by atoms with van der Waals surface area (Å²) in [4.78, 5) is 20.0. The molecule has 1 aromatic rings. The first-order chi connectivity index (χ1) is 10.5. The fourth-order valence-electron chi connectivity index (χ4n) is 2.66. The number of halogens is 2. The maximum atomic E-state index is 14.0. The quantitative estimate of drug-likeness (QED) is 0.831. The van der Waals surface area contributed by atoms with E-state index in [4.69, 9.17) is 16.3 Å². The van der Waals surface area contributed by atoms with Gasteiger partial charge >= 0.3 is 0 Å². The highest BCUT2D eigenvalue weighted by molar-refractivity contribution is 6.30. The summed E-state index contributed by atoms with van der Waals surface area (Å²) in [7, 11) is 3.37. The Labute approximate surface area is 135 Å². The number of hydrogen-bond acceptors (Lipinski definition) is 4. The van der Waals surface area contributed by atoms with Gasteiger partial charge in [-0.15, -0.1) is 0 Å². The number of piperidine rings is 1. The van der Waals surface area contributed by atoms with E-state index in [9.17, 15) is 9.18 Å². The molecule has 0 N–H and O–H groups in total. The Hall–Kier alpha value is -1.40. The van der Waals surface area contributed by atoms with Gasteiger partial charge in [0.25, 0.3) is 0 Å². The van der Waals surface area contributed by atoms with E-state index in [1.54, 1.807) is 19.1 Å². The molecule has 1 aliphatic heterocycles. The molecule has 5 nitrogen and oxygen atoms in total. The molecule has 1 saturated heterocycles. The number of pyridine rings is 1. The molecule has 0 aliphatic carbocycles. The lowest BCUT2D eigenvalue weighted by molar-refractivity contribution is -0.135. The monoisotopic (exact) mass is 329 g/mol. The molecule has 0 spiro atoms. The van der Waals surface area contributed by atoms with Crippen molar-refractivity contribution in [3.05, 3.63) is 23.1 Å². The maximum Gasteiger partial charge on any atom is 0.227 e. The van der Waals surface area contributed by atoms with Crippen LogP contribution in [-0.4, -0.2) is 56.2 Å². The molecular formula is C15H21ClFN3O2. The largest absolute Gasteiger partial charge is 0.383 e. The molecule has 122 valence electrons. The molecule has 1 aliphatic rings. The van der Waals surface area contributed by atoms with Gasteiger partial charge in [0.2, 0.25) is 5.91 Å². The van der Waals surface area contributed by atoms with E-state index < -0.39 is 5.82 Å². The minimum absolute atomic E-state index is 0.0659. The number of aromatic nitrogens is 1. The van der Waals surface area contributed by atoms with Gasteiger partial charge in [-0.3, -0.25) is 4.79 Å². The predicted octanol–water partition coefficient (Wildman–Crippen LogP) is 2.20. The fraction of sp³-hybridized carbons (Fsp3) is 0.600. The molecule has 0 radical (unpaired) electrons. The molecule has 1 amide bonds. The van der Waals surface area contributed by atoms with Gasteiger partial charge in [0.1, 0.15) is 0 Å². The molecule has 1 atom stereocenters. The van der Waals surface area contributed by atoms with Crippen molar-refractivity contribution in [2.45, 2.75) is 12.8 Å². The van der Waals surface area contributed by atoms with Crippen LogP contribution in [0.5, 0.6) is 0 Å². The summed E-state index contributed by atoms with van der Waals surface area (Å²) in [6.45, 7) is 2.23. The van der Waals surface area contributed by atoms with Crippen molar-refractivity contribution in [2.75, 3.05) is 45.3 Å². The smallest absolute Gasteiger partial charge is 0.227 e. The van der Waals surface area contributed by atoms with Gasteiger partial charge in [0, 0.05) is 40.0 Å². The van der Waals surface area contributed by atoms with Gasteiger partial charge in [0.15, 0.2) is 11.6 Å². The van der Waals surface area contributed by atoms with Crippen LogP contribution in [0.2, 0.25) is 5.02 Å². The number of hydrogen-bond donors (Lipinski definition) is 0. The van der Waals surface area contributed by atoms with Crippen molar-refractivity contribution in [3.63, 3.8) is 0 Å². The summed E-state index contributed by atoms with van der Waals surface area (Å²) in [6, 6.07) is 1.25. The van der Waals surface area contributed by atoms with E-state index in [1.165, 1.54) is 12.3 Å². The van der Waals surface area contributed by atoms with Crippen LogP contribution >= 0.6 is 11.6 Å². The molecule has 7 heteroatoms. The number of nitrogens with zero attached hydrogens (tertiary/aromatic N) is 3. The van der Waals surface area contributed by atoms with Gasteiger partial charge < -0.3 is 14.5 Å². The predicted molar refractivity (Wildman–Crippen MR) is 83.7 cm³/mol. The van der Waals surface area contributed by atoms with Crippen LogP contribution in [0, 0.1) is 11.7 Å². The topological polar surface area (TPSA) is 45.7 Å². The summed E-state index contributed by atoms with van der Waals surface area (Å²) in [5.41, 5.74) is 0. The fourth-order valence-corrected chi connectivity index (χ4v) is 2.81. The second-order valence-electron chi connectivity index (χ2n) is 5.50. The molecule has 0 aromatic carbocycles. The van der Waals surface area contributed by atoms with Crippen molar-refractivity contribution >= 4 is 23.3 Å². The van der Waals surface area contributed by atoms with E-state index in [0.717, 1.165) is 12.8 Å². The van der Waals surface area contributed by atoms with Crippen LogP contribution in [0.3, 0.4) is 0 Å². The Kier molecular flexibility index (Phi) is 5.97. The van der Waals surface area contributed by atoms with E-state index >= 15 is 0 Å². The average Bonchev–Trinajstić information content (AvgIpc) is 2.52. The lowest BCUT2D eigenvalue weighted by Crippen LogP contribution is -2.45.